The number of fused-ring (bicyclic) bond motifs is 3. The number of H-pyrrole nitrogens is 2. The Morgan fingerprint density at radius 3 is 2.88 bits per heavy atom. The molecule has 0 fully saturated rings. The number of nitrogens with zero attached hydrogens (tertiary/aromatic N) is 2. The summed E-state index contributed by atoms with van der Waals surface area (Å²) in [5.41, 5.74) is -0.0810. The highest BCUT2D eigenvalue weighted by Crippen LogP contribution is 2.18. The zero-order valence-corrected chi connectivity index (χ0v) is 9.41. The molecular weight excluding hydrogens is 276 g/mol. The van der Waals surface area contributed by atoms with Gasteiger partial charge in [0.15, 0.2) is 5.65 Å². The van der Waals surface area contributed by atoms with E-state index in [4.69, 9.17) is 0 Å². The van der Waals surface area contributed by atoms with E-state index in [1.54, 1.807) is 12.1 Å². The van der Waals surface area contributed by atoms with Gasteiger partial charge >= 0.3 is 11.4 Å². The minimum absolute atomic E-state index is 0.330. The minimum atomic E-state index is -0.541. The van der Waals surface area contributed by atoms with E-state index in [0.717, 1.165) is 8.87 Å². The number of aromatic amines is 2. The molecule has 80 valence electrons. The largest absolute Gasteiger partial charge is 0.351 e. The minimum Gasteiger partial charge on any atom is -0.306 e. The average molecular weight is 281 g/mol. The maximum absolute atomic E-state index is 11.6. The highest BCUT2D eigenvalue weighted by Gasteiger charge is 2.08. The smallest absolute Gasteiger partial charge is 0.306 e. The first kappa shape index (κ1) is 9.34. The van der Waals surface area contributed by atoms with Crippen molar-refractivity contribution in [3.8, 4) is 0 Å². The Hall–Kier alpha value is -1.89. The SMILES string of the molecule is O=c1[nH]nc2c3ccc(Br)cc3[nH]c(=O)n12. The zero-order chi connectivity index (χ0) is 11.3. The Morgan fingerprint density at radius 1 is 1.25 bits per heavy atom. The molecule has 0 saturated heterocycles. The second kappa shape index (κ2) is 3.05. The van der Waals surface area contributed by atoms with Crippen LogP contribution in [0, 0.1) is 0 Å². The van der Waals surface area contributed by atoms with Crippen LogP contribution in [0.3, 0.4) is 0 Å². The first-order chi connectivity index (χ1) is 7.66. The van der Waals surface area contributed by atoms with E-state index in [2.05, 4.69) is 31.1 Å². The number of benzene rings is 1. The number of aromatic nitrogens is 4. The summed E-state index contributed by atoms with van der Waals surface area (Å²) in [5, 5.41) is 6.79. The molecule has 6 nitrogen and oxygen atoms in total. The molecule has 0 saturated carbocycles. The maximum Gasteiger partial charge on any atom is 0.351 e. The third-order valence-electron chi connectivity index (χ3n) is 2.34. The summed E-state index contributed by atoms with van der Waals surface area (Å²) in [5.74, 6) is 0. The van der Waals surface area contributed by atoms with Gasteiger partial charge in [-0.3, -0.25) is 0 Å². The molecule has 0 bridgehead atoms. The van der Waals surface area contributed by atoms with Gasteiger partial charge in [0, 0.05) is 9.86 Å². The Balaban J connectivity index is 2.70. The standard InChI is InChI=1S/C9H5BrN4O2/c10-4-1-2-5-6(3-4)11-8(15)14-7(5)12-13-9(14)16/h1-3H,(H,11,15)(H,13,16). The van der Waals surface area contributed by atoms with Gasteiger partial charge in [0.25, 0.3) is 0 Å². The van der Waals surface area contributed by atoms with Crippen LogP contribution in [0.25, 0.3) is 16.6 Å². The molecule has 0 aliphatic rings. The fourth-order valence-corrected chi connectivity index (χ4v) is 2.01. The summed E-state index contributed by atoms with van der Waals surface area (Å²) in [6.07, 6.45) is 0. The van der Waals surface area contributed by atoms with Crippen LogP contribution in [0.4, 0.5) is 0 Å². The molecule has 0 radical (unpaired) electrons. The van der Waals surface area contributed by atoms with Gasteiger partial charge in [-0.2, -0.15) is 9.50 Å². The van der Waals surface area contributed by atoms with Crippen molar-refractivity contribution in [1.29, 1.82) is 0 Å². The molecule has 0 aliphatic carbocycles. The molecule has 2 heterocycles. The summed E-state index contributed by atoms with van der Waals surface area (Å²) in [7, 11) is 0. The normalized spacial score (nSPS) is 11.3. The van der Waals surface area contributed by atoms with Crippen molar-refractivity contribution in [1.82, 2.24) is 19.6 Å². The van der Waals surface area contributed by atoms with E-state index >= 15 is 0 Å². The molecule has 16 heavy (non-hydrogen) atoms. The van der Waals surface area contributed by atoms with Crippen molar-refractivity contribution >= 4 is 32.5 Å². The van der Waals surface area contributed by atoms with Crippen LogP contribution in [0.5, 0.6) is 0 Å². The predicted molar refractivity (Wildman–Crippen MR) is 61.6 cm³/mol. The summed E-state index contributed by atoms with van der Waals surface area (Å²) in [6.45, 7) is 0. The van der Waals surface area contributed by atoms with Gasteiger partial charge < -0.3 is 4.98 Å². The maximum atomic E-state index is 11.6. The van der Waals surface area contributed by atoms with Crippen LogP contribution in [-0.4, -0.2) is 19.6 Å². The Morgan fingerprint density at radius 2 is 2.06 bits per heavy atom. The molecule has 0 unspecified atom stereocenters. The van der Waals surface area contributed by atoms with Crippen molar-refractivity contribution in [2.24, 2.45) is 0 Å². The van der Waals surface area contributed by atoms with E-state index in [-0.39, 0.29) is 0 Å². The monoisotopic (exact) mass is 280 g/mol. The molecular formula is C9H5BrN4O2. The van der Waals surface area contributed by atoms with Gasteiger partial charge in [-0.15, -0.1) is 0 Å². The third kappa shape index (κ3) is 1.15. The van der Waals surface area contributed by atoms with Gasteiger partial charge in [-0.05, 0) is 18.2 Å². The van der Waals surface area contributed by atoms with E-state index in [0.29, 0.717) is 16.6 Å². The molecule has 2 aromatic heterocycles. The Kier molecular flexibility index (Phi) is 1.78. The number of nitrogens with one attached hydrogen (secondary N) is 2. The summed E-state index contributed by atoms with van der Waals surface area (Å²) in [4.78, 5) is 25.6. The summed E-state index contributed by atoms with van der Waals surface area (Å²) in [6, 6.07) is 5.36. The van der Waals surface area contributed by atoms with Gasteiger partial charge in [-0.25, -0.2) is 14.7 Å². The lowest BCUT2D eigenvalue weighted by Crippen LogP contribution is -2.25. The fraction of sp³-hybridized carbons (Fsp3) is 0. The van der Waals surface area contributed by atoms with Gasteiger partial charge in [0.1, 0.15) is 0 Å². The van der Waals surface area contributed by atoms with Crippen LogP contribution in [0.15, 0.2) is 32.3 Å². The second-order valence-electron chi connectivity index (χ2n) is 3.31. The molecule has 0 aliphatic heterocycles. The van der Waals surface area contributed by atoms with Crippen LogP contribution in [-0.2, 0) is 0 Å². The number of rotatable bonds is 0. The molecule has 7 heteroatoms. The van der Waals surface area contributed by atoms with Crippen molar-refractivity contribution < 1.29 is 0 Å². The number of halogens is 1. The van der Waals surface area contributed by atoms with Crippen molar-refractivity contribution in [2.45, 2.75) is 0 Å². The Labute approximate surface area is 96.0 Å². The summed E-state index contributed by atoms with van der Waals surface area (Å²) < 4.78 is 1.81. The van der Waals surface area contributed by atoms with Gasteiger partial charge in [-0.1, -0.05) is 15.9 Å². The third-order valence-corrected chi connectivity index (χ3v) is 2.83. The lowest BCUT2D eigenvalue weighted by molar-refractivity contribution is 0.958. The lowest BCUT2D eigenvalue weighted by atomic mass is 10.2. The molecule has 2 N–H and O–H groups in total. The van der Waals surface area contributed by atoms with Crippen LogP contribution in [0.2, 0.25) is 0 Å². The first-order valence-corrected chi connectivity index (χ1v) is 5.25. The van der Waals surface area contributed by atoms with Gasteiger partial charge in [0.05, 0.1) is 5.52 Å². The average Bonchev–Trinajstić information content (AvgIpc) is 2.61. The van der Waals surface area contributed by atoms with Crippen molar-refractivity contribution in [3.05, 3.63) is 43.6 Å². The van der Waals surface area contributed by atoms with Crippen molar-refractivity contribution in [3.63, 3.8) is 0 Å². The molecule has 0 spiro atoms. The zero-order valence-electron chi connectivity index (χ0n) is 7.82. The molecule has 3 rings (SSSR count). The van der Waals surface area contributed by atoms with Crippen molar-refractivity contribution in [2.75, 3.05) is 0 Å². The van der Waals surface area contributed by atoms with Crippen LogP contribution >= 0.6 is 15.9 Å². The summed E-state index contributed by atoms with van der Waals surface area (Å²) >= 11 is 3.31. The molecule has 0 amide bonds. The quantitative estimate of drug-likeness (QED) is 0.634. The van der Waals surface area contributed by atoms with E-state index in [9.17, 15) is 9.59 Å². The van der Waals surface area contributed by atoms with Crippen LogP contribution in [0.1, 0.15) is 0 Å². The number of hydrogen-bond donors (Lipinski definition) is 2. The molecule has 3 aromatic rings. The van der Waals surface area contributed by atoms with E-state index in [1.165, 1.54) is 0 Å². The topological polar surface area (TPSA) is 83.0 Å². The molecule has 1 aromatic carbocycles. The van der Waals surface area contributed by atoms with E-state index < -0.39 is 11.4 Å². The fourth-order valence-electron chi connectivity index (χ4n) is 1.65. The second-order valence-corrected chi connectivity index (χ2v) is 4.22. The highest BCUT2D eigenvalue weighted by molar-refractivity contribution is 9.10. The predicted octanol–water partition coefficient (Wildman–Crippen LogP) is 0.627. The van der Waals surface area contributed by atoms with Gasteiger partial charge in [0.2, 0.25) is 0 Å². The first-order valence-electron chi connectivity index (χ1n) is 4.45. The van der Waals surface area contributed by atoms with Crippen LogP contribution < -0.4 is 11.4 Å². The highest BCUT2D eigenvalue weighted by atomic mass is 79.9. The lowest BCUT2D eigenvalue weighted by Gasteiger charge is -1.99. The molecule has 0 atom stereocenters. The van der Waals surface area contributed by atoms with E-state index in [1.807, 2.05) is 6.07 Å². The Bertz CT molecular complexity index is 814. The number of hydrogen-bond acceptors (Lipinski definition) is 3.